The number of nitrogens with zero attached hydrogens (tertiary/aromatic N) is 2. The topological polar surface area (TPSA) is 101 Å². The van der Waals surface area contributed by atoms with Gasteiger partial charge in [0, 0.05) is 24.2 Å². The molecule has 0 saturated carbocycles. The lowest BCUT2D eigenvalue weighted by molar-refractivity contribution is -0.384. The van der Waals surface area contributed by atoms with Gasteiger partial charge in [0.1, 0.15) is 5.75 Å². The molecule has 7 nitrogen and oxygen atoms in total. The number of hydrogen-bond donors (Lipinski definition) is 1. The molecule has 0 aromatic heterocycles. The number of nitro benzene ring substituents is 1. The van der Waals surface area contributed by atoms with Crippen molar-refractivity contribution in [3.8, 4) is 5.75 Å². The monoisotopic (exact) mass is 294 g/mol. The maximum Gasteiger partial charge on any atom is 0.293 e. The number of amides is 2. The molecule has 0 bridgehead atoms. The summed E-state index contributed by atoms with van der Waals surface area (Å²) in [4.78, 5) is 34.7. The van der Waals surface area contributed by atoms with Crippen molar-refractivity contribution in [3.05, 3.63) is 38.8 Å². The third-order valence-corrected chi connectivity index (χ3v) is 3.61. The van der Waals surface area contributed by atoms with Crippen LogP contribution in [0.15, 0.2) is 23.1 Å². The van der Waals surface area contributed by atoms with Crippen molar-refractivity contribution in [2.24, 2.45) is 0 Å². The van der Waals surface area contributed by atoms with Crippen LogP contribution in [0.1, 0.15) is 12.5 Å². The van der Waals surface area contributed by atoms with Gasteiger partial charge in [0.15, 0.2) is 0 Å². The standard InChI is InChI=1S/C12H10N2O5S/c1-2-13-11(16)10(20-12(13)17)6-7-5-8(14(18)19)3-4-9(7)15/h3-6,15H,2H2,1H3/b10-6-. The van der Waals surface area contributed by atoms with E-state index in [-0.39, 0.29) is 28.5 Å². The average Bonchev–Trinajstić information content (AvgIpc) is 2.66. The van der Waals surface area contributed by atoms with Crippen LogP contribution in [-0.2, 0) is 4.79 Å². The molecule has 1 heterocycles. The molecule has 0 unspecified atom stereocenters. The third kappa shape index (κ3) is 2.50. The van der Waals surface area contributed by atoms with Crippen molar-refractivity contribution in [2.45, 2.75) is 6.92 Å². The molecule has 104 valence electrons. The number of benzene rings is 1. The highest BCUT2D eigenvalue weighted by molar-refractivity contribution is 8.18. The number of phenolic OH excluding ortho intramolecular Hbond substituents is 1. The highest BCUT2D eigenvalue weighted by atomic mass is 32.2. The number of hydrogen-bond acceptors (Lipinski definition) is 6. The van der Waals surface area contributed by atoms with Crippen molar-refractivity contribution in [3.63, 3.8) is 0 Å². The molecule has 1 fully saturated rings. The number of thioether (sulfide) groups is 1. The summed E-state index contributed by atoms with van der Waals surface area (Å²) in [6.45, 7) is 1.92. The first-order chi connectivity index (χ1) is 9.43. The number of likely N-dealkylation sites (N-methyl/N-ethyl adjacent to an activating group) is 1. The molecule has 1 N–H and O–H groups in total. The zero-order chi connectivity index (χ0) is 14.9. The van der Waals surface area contributed by atoms with Crippen LogP contribution in [0.3, 0.4) is 0 Å². The summed E-state index contributed by atoms with van der Waals surface area (Å²) in [6, 6.07) is 3.48. The summed E-state index contributed by atoms with van der Waals surface area (Å²) in [5.74, 6) is -0.660. The van der Waals surface area contributed by atoms with Gasteiger partial charge in [0.25, 0.3) is 16.8 Å². The molecule has 8 heteroatoms. The molecule has 0 radical (unpaired) electrons. The average molecular weight is 294 g/mol. The molecule has 20 heavy (non-hydrogen) atoms. The number of aromatic hydroxyl groups is 1. The van der Waals surface area contributed by atoms with Crippen LogP contribution >= 0.6 is 11.8 Å². The molecule has 0 spiro atoms. The molecule has 1 aliphatic rings. The fourth-order valence-electron chi connectivity index (χ4n) is 1.68. The summed E-state index contributed by atoms with van der Waals surface area (Å²) < 4.78 is 0. The smallest absolute Gasteiger partial charge is 0.293 e. The number of carbonyl (C=O) groups excluding carboxylic acids is 2. The number of rotatable bonds is 3. The zero-order valence-electron chi connectivity index (χ0n) is 10.4. The molecule has 1 saturated heterocycles. The van der Waals surface area contributed by atoms with Gasteiger partial charge in [-0.3, -0.25) is 24.6 Å². The lowest BCUT2D eigenvalue weighted by atomic mass is 10.1. The van der Waals surface area contributed by atoms with Gasteiger partial charge in [-0.25, -0.2) is 0 Å². The van der Waals surface area contributed by atoms with Gasteiger partial charge >= 0.3 is 0 Å². The van der Waals surface area contributed by atoms with Crippen molar-refractivity contribution in [1.29, 1.82) is 0 Å². The summed E-state index contributed by atoms with van der Waals surface area (Å²) in [5, 5.41) is 20.0. The van der Waals surface area contributed by atoms with Gasteiger partial charge in [-0.15, -0.1) is 0 Å². The van der Waals surface area contributed by atoms with E-state index in [1.54, 1.807) is 6.92 Å². The summed E-state index contributed by atoms with van der Waals surface area (Å²) in [6.07, 6.45) is 1.28. The van der Waals surface area contributed by atoms with Gasteiger partial charge in [-0.05, 0) is 30.8 Å². The minimum Gasteiger partial charge on any atom is -0.507 e. The lowest BCUT2D eigenvalue weighted by Crippen LogP contribution is -2.27. The fraction of sp³-hybridized carbons (Fsp3) is 0.167. The first kappa shape index (κ1) is 14.1. The van der Waals surface area contributed by atoms with Crippen molar-refractivity contribution in [1.82, 2.24) is 4.90 Å². The third-order valence-electron chi connectivity index (χ3n) is 2.70. The molecular formula is C12H10N2O5S. The molecule has 1 aromatic carbocycles. The van der Waals surface area contributed by atoms with Crippen LogP contribution in [0.25, 0.3) is 6.08 Å². The Balaban J connectivity index is 2.41. The van der Waals surface area contributed by atoms with E-state index in [9.17, 15) is 24.8 Å². The molecule has 2 rings (SSSR count). The number of non-ortho nitro benzene ring substituents is 1. The Morgan fingerprint density at radius 1 is 1.45 bits per heavy atom. The normalized spacial score (nSPS) is 17.1. The van der Waals surface area contributed by atoms with Crippen molar-refractivity contribution < 1.29 is 19.6 Å². The predicted molar refractivity (Wildman–Crippen MR) is 73.1 cm³/mol. The van der Waals surface area contributed by atoms with E-state index < -0.39 is 16.1 Å². The van der Waals surface area contributed by atoms with Crippen LogP contribution in [-0.4, -0.2) is 32.6 Å². The first-order valence-electron chi connectivity index (χ1n) is 5.66. The fourth-order valence-corrected chi connectivity index (χ4v) is 2.58. The molecule has 1 aromatic rings. The van der Waals surface area contributed by atoms with Crippen molar-refractivity contribution >= 4 is 34.7 Å². The highest BCUT2D eigenvalue weighted by Crippen LogP contribution is 2.34. The van der Waals surface area contributed by atoms with E-state index in [0.29, 0.717) is 0 Å². The van der Waals surface area contributed by atoms with E-state index in [1.807, 2.05) is 0 Å². The Morgan fingerprint density at radius 2 is 2.15 bits per heavy atom. The highest BCUT2D eigenvalue weighted by Gasteiger charge is 2.33. The van der Waals surface area contributed by atoms with Crippen molar-refractivity contribution in [2.75, 3.05) is 6.54 Å². The molecule has 0 atom stereocenters. The Bertz CT molecular complexity index is 641. The minimum absolute atomic E-state index is 0.126. The zero-order valence-corrected chi connectivity index (χ0v) is 11.2. The van der Waals surface area contributed by atoms with E-state index in [0.717, 1.165) is 28.8 Å². The van der Waals surface area contributed by atoms with E-state index in [1.165, 1.54) is 12.1 Å². The second-order valence-corrected chi connectivity index (χ2v) is 4.92. The SMILES string of the molecule is CCN1C(=O)S/C(=C\c2cc([N+](=O)[O-])ccc2O)C1=O. The quantitative estimate of drug-likeness (QED) is 0.521. The Morgan fingerprint density at radius 3 is 2.70 bits per heavy atom. The number of nitro groups is 1. The van der Waals surface area contributed by atoms with Crippen LogP contribution < -0.4 is 0 Å². The lowest BCUT2D eigenvalue weighted by Gasteiger charge is -2.07. The molecule has 0 aliphatic carbocycles. The molecule has 1 aliphatic heterocycles. The van der Waals surface area contributed by atoms with Gasteiger partial charge in [0.2, 0.25) is 0 Å². The maximum atomic E-state index is 11.9. The summed E-state index contributed by atoms with van der Waals surface area (Å²) >= 11 is 0.742. The molecule has 2 amide bonds. The Kier molecular flexibility index (Phi) is 3.75. The molecular weight excluding hydrogens is 284 g/mol. The predicted octanol–water partition coefficient (Wildman–Crippen LogP) is 2.36. The van der Waals surface area contributed by atoms with Crippen LogP contribution in [0.4, 0.5) is 10.5 Å². The van der Waals surface area contributed by atoms with Crippen LogP contribution in [0, 0.1) is 10.1 Å². The Hall–Kier alpha value is -2.35. The summed E-state index contributed by atoms with van der Waals surface area (Å²) in [7, 11) is 0. The largest absolute Gasteiger partial charge is 0.507 e. The second-order valence-electron chi connectivity index (χ2n) is 3.93. The second kappa shape index (κ2) is 5.33. The van der Waals surface area contributed by atoms with Gasteiger partial charge in [0.05, 0.1) is 9.83 Å². The van der Waals surface area contributed by atoms with E-state index in [4.69, 9.17) is 0 Å². The van der Waals surface area contributed by atoms with Gasteiger partial charge in [-0.1, -0.05) is 0 Å². The van der Waals surface area contributed by atoms with Gasteiger partial charge < -0.3 is 5.11 Å². The summed E-state index contributed by atoms with van der Waals surface area (Å²) in [5.41, 5.74) is -0.0791. The van der Waals surface area contributed by atoms with Gasteiger partial charge in [-0.2, -0.15) is 0 Å². The maximum absolute atomic E-state index is 11.9. The van der Waals surface area contributed by atoms with E-state index in [2.05, 4.69) is 0 Å². The first-order valence-corrected chi connectivity index (χ1v) is 6.48. The van der Waals surface area contributed by atoms with Crippen LogP contribution in [0.5, 0.6) is 5.75 Å². The minimum atomic E-state index is -0.603. The van der Waals surface area contributed by atoms with E-state index >= 15 is 0 Å². The number of carbonyl (C=O) groups is 2. The number of phenols is 1. The number of imide groups is 1. The Labute approximate surface area is 118 Å². The van der Waals surface area contributed by atoms with Crippen LogP contribution in [0.2, 0.25) is 0 Å².